The van der Waals surface area contributed by atoms with Gasteiger partial charge in [0.05, 0.1) is 11.3 Å². The fraction of sp³-hybridized carbons (Fsp3) is 0.500. The number of amides is 1. The van der Waals surface area contributed by atoms with Crippen molar-refractivity contribution in [1.82, 2.24) is 9.88 Å². The quantitative estimate of drug-likeness (QED) is 0.759. The van der Waals surface area contributed by atoms with E-state index < -0.39 is 0 Å². The Morgan fingerprint density at radius 3 is 2.85 bits per heavy atom. The smallest absolute Gasteiger partial charge is 0.233 e. The van der Waals surface area contributed by atoms with Crippen LogP contribution < -0.4 is 9.47 Å². The van der Waals surface area contributed by atoms with Crippen molar-refractivity contribution in [2.24, 2.45) is 0 Å². The summed E-state index contributed by atoms with van der Waals surface area (Å²) in [7, 11) is 0. The molecule has 0 saturated carbocycles. The van der Waals surface area contributed by atoms with Crippen LogP contribution in [0.4, 0.5) is 0 Å². The van der Waals surface area contributed by atoms with E-state index in [2.05, 4.69) is 19.9 Å². The summed E-state index contributed by atoms with van der Waals surface area (Å²) in [6.45, 7) is 5.41. The first-order valence-electron chi connectivity index (χ1n) is 9.31. The van der Waals surface area contributed by atoms with Crippen LogP contribution in [0.5, 0.6) is 11.5 Å². The molecule has 1 amide bonds. The number of hydrogen-bond donors (Lipinski definition) is 0. The van der Waals surface area contributed by atoms with E-state index in [1.807, 2.05) is 17.0 Å². The molecule has 2 aliphatic heterocycles. The zero-order valence-corrected chi connectivity index (χ0v) is 16.1. The molecule has 1 atom stereocenters. The lowest BCUT2D eigenvalue weighted by Crippen LogP contribution is -2.42. The van der Waals surface area contributed by atoms with E-state index in [9.17, 15) is 4.79 Å². The van der Waals surface area contributed by atoms with Crippen molar-refractivity contribution >= 4 is 28.6 Å². The van der Waals surface area contributed by atoms with Gasteiger partial charge in [0, 0.05) is 24.0 Å². The van der Waals surface area contributed by atoms with Gasteiger partial charge in [-0.05, 0) is 50.3 Å². The van der Waals surface area contributed by atoms with Crippen LogP contribution in [0.25, 0.3) is 10.9 Å². The van der Waals surface area contributed by atoms with Crippen molar-refractivity contribution < 1.29 is 14.3 Å². The molecule has 2 aromatic rings. The molecule has 0 aliphatic carbocycles. The number of rotatable bonds is 4. The molecular weight excluding hydrogens is 348 g/mol. The van der Waals surface area contributed by atoms with E-state index in [1.165, 1.54) is 12.0 Å². The van der Waals surface area contributed by atoms with Crippen molar-refractivity contribution in [1.29, 1.82) is 0 Å². The van der Waals surface area contributed by atoms with Gasteiger partial charge < -0.3 is 14.4 Å². The zero-order chi connectivity index (χ0) is 18.1. The van der Waals surface area contributed by atoms with Crippen LogP contribution in [0.15, 0.2) is 23.2 Å². The fourth-order valence-corrected chi connectivity index (χ4v) is 4.63. The van der Waals surface area contributed by atoms with Gasteiger partial charge in [-0.2, -0.15) is 0 Å². The second kappa shape index (κ2) is 7.35. The summed E-state index contributed by atoms with van der Waals surface area (Å²) >= 11 is 1.55. The number of thioether (sulfide) groups is 1. The highest BCUT2D eigenvalue weighted by Gasteiger charge is 2.23. The van der Waals surface area contributed by atoms with Gasteiger partial charge in [-0.15, -0.1) is 0 Å². The second-order valence-electron chi connectivity index (χ2n) is 6.92. The Bertz CT molecular complexity index is 839. The zero-order valence-electron chi connectivity index (χ0n) is 15.3. The first kappa shape index (κ1) is 17.5. The van der Waals surface area contributed by atoms with Gasteiger partial charge in [0.25, 0.3) is 0 Å². The molecule has 0 bridgehead atoms. The van der Waals surface area contributed by atoms with E-state index in [1.54, 1.807) is 11.8 Å². The summed E-state index contributed by atoms with van der Waals surface area (Å²) in [6, 6.07) is 6.42. The summed E-state index contributed by atoms with van der Waals surface area (Å²) in [5.74, 6) is 2.18. The number of likely N-dealkylation sites (tertiary alicyclic amines) is 1. The average molecular weight is 372 g/mol. The monoisotopic (exact) mass is 372 g/mol. The first-order valence-corrected chi connectivity index (χ1v) is 10.3. The lowest BCUT2D eigenvalue weighted by atomic mass is 10.0. The Labute approximate surface area is 158 Å². The Hall–Kier alpha value is -1.95. The van der Waals surface area contributed by atoms with E-state index in [4.69, 9.17) is 14.5 Å². The maximum Gasteiger partial charge on any atom is 0.233 e. The van der Waals surface area contributed by atoms with E-state index >= 15 is 0 Å². The average Bonchev–Trinajstić information content (AvgIpc) is 3.11. The van der Waals surface area contributed by atoms with Crippen LogP contribution in [0, 0.1) is 0 Å². The van der Waals surface area contributed by atoms with Crippen LogP contribution in [0.1, 0.15) is 38.7 Å². The molecule has 0 spiro atoms. The van der Waals surface area contributed by atoms with Gasteiger partial charge in [-0.3, -0.25) is 4.79 Å². The third-order valence-corrected chi connectivity index (χ3v) is 6.20. The molecule has 26 heavy (non-hydrogen) atoms. The van der Waals surface area contributed by atoms with Gasteiger partial charge in [0.1, 0.15) is 5.03 Å². The predicted octanol–water partition coefficient (Wildman–Crippen LogP) is 4.02. The number of nitrogens with zero attached hydrogens (tertiary/aromatic N) is 2. The number of pyridine rings is 1. The van der Waals surface area contributed by atoms with Crippen molar-refractivity contribution in [3.05, 3.63) is 23.8 Å². The summed E-state index contributed by atoms with van der Waals surface area (Å²) in [4.78, 5) is 19.5. The minimum absolute atomic E-state index is 0.219. The minimum atomic E-state index is 0.219. The Balaban J connectivity index is 1.55. The first-order chi connectivity index (χ1) is 12.7. The van der Waals surface area contributed by atoms with Crippen LogP contribution >= 0.6 is 11.8 Å². The predicted molar refractivity (Wildman–Crippen MR) is 103 cm³/mol. The van der Waals surface area contributed by atoms with E-state index in [0.29, 0.717) is 11.8 Å². The van der Waals surface area contributed by atoms with Gasteiger partial charge in [0.15, 0.2) is 11.5 Å². The molecule has 138 valence electrons. The number of aromatic nitrogens is 1. The van der Waals surface area contributed by atoms with Crippen LogP contribution in [0.2, 0.25) is 0 Å². The van der Waals surface area contributed by atoms with Crippen LogP contribution in [0.3, 0.4) is 0 Å². The SMILES string of the molecule is CCc1cc2cc3c(cc2nc1SCC(=O)N1CCCCC1C)OCO3. The molecule has 4 rings (SSSR count). The molecule has 1 aromatic carbocycles. The topological polar surface area (TPSA) is 51.7 Å². The molecule has 1 aromatic heterocycles. The number of benzene rings is 1. The van der Waals surface area contributed by atoms with Gasteiger partial charge in [-0.25, -0.2) is 4.98 Å². The Morgan fingerprint density at radius 1 is 1.27 bits per heavy atom. The second-order valence-corrected chi connectivity index (χ2v) is 7.89. The number of aryl methyl sites for hydroxylation is 1. The fourth-order valence-electron chi connectivity index (χ4n) is 3.65. The van der Waals surface area contributed by atoms with Gasteiger partial charge in [0.2, 0.25) is 12.7 Å². The van der Waals surface area contributed by atoms with Gasteiger partial charge in [-0.1, -0.05) is 18.7 Å². The third-order valence-electron chi connectivity index (χ3n) is 5.18. The lowest BCUT2D eigenvalue weighted by Gasteiger charge is -2.33. The van der Waals surface area contributed by atoms with Crippen molar-refractivity contribution in [2.45, 2.75) is 50.6 Å². The number of ether oxygens (including phenoxy) is 2. The molecule has 2 aliphatic rings. The van der Waals surface area contributed by atoms with Crippen LogP contribution in [-0.2, 0) is 11.2 Å². The molecule has 0 radical (unpaired) electrons. The highest BCUT2D eigenvalue weighted by atomic mass is 32.2. The van der Waals surface area contributed by atoms with Crippen molar-refractivity contribution in [2.75, 3.05) is 19.1 Å². The van der Waals surface area contributed by atoms with Gasteiger partial charge >= 0.3 is 0 Å². The lowest BCUT2D eigenvalue weighted by molar-refractivity contribution is -0.131. The van der Waals surface area contributed by atoms with E-state index in [0.717, 1.165) is 53.2 Å². The normalized spacial score (nSPS) is 19.2. The number of hydrogen-bond acceptors (Lipinski definition) is 5. The minimum Gasteiger partial charge on any atom is -0.454 e. The molecule has 3 heterocycles. The summed E-state index contributed by atoms with van der Waals surface area (Å²) in [5.41, 5.74) is 2.05. The molecule has 6 heteroatoms. The molecule has 1 fully saturated rings. The summed E-state index contributed by atoms with van der Waals surface area (Å²) in [5, 5.41) is 1.99. The molecule has 0 N–H and O–H groups in total. The van der Waals surface area contributed by atoms with E-state index in [-0.39, 0.29) is 12.7 Å². The summed E-state index contributed by atoms with van der Waals surface area (Å²) in [6.07, 6.45) is 4.33. The van der Waals surface area contributed by atoms with Crippen LogP contribution in [-0.4, -0.2) is 40.9 Å². The summed E-state index contributed by atoms with van der Waals surface area (Å²) < 4.78 is 10.9. The molecular formula is C20H24N2O3S. The third kappa shape index (κ3) is 3.34. The number of fused-ring (bicyclic) bond motifs is 2. The maximum atomic E-state index is 12.6. The Kier molecular flexibility index (Phi) is 4.94. The maximum absolute atomic E-state index is 12.6. The standard InChI is InChI=1S/C20H24N2O3S/c1-3-14-8-15-9-17-18(25-12-24-17)10-16(15)21-20(14)26-11-19(23)22-7-5-4-6-13(22)2/h8-10,13H,3-7,11-12H2,1-2H3. The number of carbonyl (C=O) groups is 1. The van der Waals surface area contributed by atoms with Crippen molar-refractivity contribution in [3.63, 3.8) is 0 Å². The number of piperidine rings is 1. The highest BCUT2D eigenvalue weighted by Crippen LogP contribution is 2.37. The number of carbonyl (C=O) groups excluding carboxylic acids is 1. The van der Waals surface area contributed by atoms with Crippen molar-refractivity contribution in [3.8, 4) is 11.5 Å². The Morgan fingerprint density at radius 2 is 2.08 bits per heavy atom. The molecule has 5 nitrogen and oxygen atoms in total. The molecule has 1 unspecified atom stereocenters. The highest BCUT2D eigenvalue weighted by molar-refractivity contribution is 7.99. The largest absolute Gasteiger partial charge is 0.454 e. The molecule has 1 saturated heterocycles.